The Morgan fingerprint density at radius 2 is 1.85 bits per heavy atom. The van der Waals surface area contributed by atoms with E-state index in [2.05, 4.69) is 17.1 Å². The smallest absolute Gasteiger partial charge is 0.277 e. The summed E-state index contributed by atoms with van der Waals surface area (Å²) in [6.45, 7) is 3.04. The first-order valence-corrected chi connectivity index (χ1v) is 11.4. The summed E-state index contributed by atoms with van der Waals surface area (Å²) in [5.74, 6) is 4.08. The van der Waals surface area contributed by atoms with Crippen LogP contribution >= 0.6 is 11.8 Å². The molecule has 5 fully saturated rings. The molecule has 1 aliphatic heterocycles. The largest absolute Gasteiger partial charge is 0.415 e. The number of aromatic nitrogens is 2. The van der Waals surface area contributed by atoms with E-state index < -0.39 is 0 Å². The summed E-state index contributed by atoms with van der Waals surface area (Å²) in [5.41, 5.74) is 0.145. The molecule has 0 N–H and O–H groups in total. The second kappa shape index (κ2) is 6.54. The van der Waals surface area contributed by atoms with Crippen molar-refractivity contribution in [3.05, 3.63) is 5.89 Å². The highest BCUT2D eigenvalue weighted by atomic mass is 32.2. The molecule has 1 amide bonds. The molecular weight excluding hydrogens is 346 g/mol. The summed E-state index contributed by atoms with van der Waals surface area (Å²) < 4.78 is 6.10. The van der Waals surface area contributed by atoms with Gasteiger partial charge in [0, 0.05) is 18.0 Å². The lowest BCUT2D eigenvalue weighted by atomic mass is 9.49. The number of carbonyl (C=O) groups excluding carboxylic acids is 1. The van der Waals surface area contributed by atoms with Gasteiger partial charge in [0.15, 0.2) is 0 Å². The number of thioether (sulfide) groups is 1. The van der Waals surface area contributed by atoms with Crippen molar-refractivity contribution in [2.45, 2.75) is 81.4 Å². The van der Waals surface area contributed by atoms with Gasteiger partial charge < -0.3 is 9.32 Å². The summed E-state index contributed by atoms with van der Waals surface area (Å²) in [5, 5.41) is 9.31. The van der Waals surface area contributed by atoms with Gasteiger partial charge in [-0.05, 0) is 82.5 Å². The van der Waals surface area contributed by atoms with E-state index in [1.54, 1.807) is 0 Å². The first-order chi connectivity index (χ1) is 12.6. The Hall–Kier alpha value is -1.04. The summed E-state index contributed by atoms with van der Waals surface area (Å²) in [4.78, 5) is 14.5. The van der Waals surface area contributed by atoms with Crippen LogP contribution in [0, 0.1) is 17.8 Å². The predicted octanol–water partition coefficient (Wildman–Crippen LogP) is 4.03. The molecule has 0 spiro atoms. The maximum atomic E-state index is 12.5. The lowest BCUT2D eigenvalue weighted by molar-refractivity contribution is -0.131. The molecule has 5 aliphatic rings. The Balaban J connectivity index is 1.24. The van der Waals surface area contributed by atoms with Gasteiger partial charge in [0.2, 0.25) is 11.8 Å². The fraction of sp³-hybridized carbons (Fsp3) is 0.850. The average molecular weight is 376 g/mol. The first-order valence-electron chi connectivity index (χ1n) is 10.4. The minimum absolute atomic E-state index is 0.145. The van der Waals surface area contributed by atoms with Gasteiger partial charge in [-0.25, -0.2) is 0 Å². The van der Waals surface area contributed by atoms with Crippen LogP contribution in [-0.4, -0.2) is 39.3 Å². The zero-order chi connectivity index (χ0) is 17.7. The van der Waals surface area contributed by atoms with Crippen LogP contribution in [0.1, 0.15) is 70.6 Å². The van der Waals surface area contributed by atoms with E-state index in [0.717, 1.165) is 43.0 Å². The van der Waals surface area contributed by atoms with Gasteiger partial charge in [-0.3, -0.25) is 4.79 Å². The molecule has 142 valence electrons. The molecule has 1 aromatic heterocycles. The van der Waals surface area contributed by atoms with Crippen molar-refractivity contribution in [3.63, 3.8) is 0 Å². The van der Waals surface area contributed by atoms with E-state index in [1.807, 2.05) is 4.90 Å². The van der Waals surface area contributed by atoms with Crippen LogP contribution in [0.25, 0.3) is 0 Å². The van der Waals surface area contributed by atoms with Crippen LogP contribution in [0.2, 0.25) is 0 Å². The summed E-state index contributed by atoms with van der Waals surface area (Å²) in [6, 6.07) is 0.363. The zero-order valence-corrected chi connectivity index (χ0v) is 16.5. The van der Waals surface area contributed by atoms with Crippen molar-refractivity contribution in [2.75, 3.05) is 12.3 Å². The number of amides is 1. The minimum Gasteiger partial charge on any atom is -0.415 e. The van der Waals surface area contributed by atoms with E-state index in [0.29, 0.717) is 17.0 Å². The SMILES string of the molecule is C[C@H]1CCCCN1C(=O)CSc1nnc(C23CC4CC(CC(C4)C2)C3)o1. The lowest BCUT2D eigenvalue weighted by Gasteiger charge is -2.55. The van der Waals surface area contributed by atoms with Crippen LogP contribution in [0.3, 0.4) is 0 Å². The number of piperidine rings is 1. The molecule has 5 nitrogen and oxygen atoms in total. The summed E-state index contributed by atoms with van der Waals surface area (Å²) in [6.07, 6.45) is 11.4. The standard InChI is InChI=1S/C20H29N3O2S/c1-13-4-2-3-5-23(13)17(24)12-26-19-22-21-18(25-19)20-9-14-6-15(10-20)8-16(7-14)11-20/h13-16H,2-12H2,1H3/t13-,14?,15?,16?,20?/m0/s1. The van der Waals surface area contributed by atoms with Gasteiger partial charge in [0.05, 0.1) is 5.75 Å². The molecular formula is C20H29N3O2S. The molecule has 0 aromatic carbocycles. The normalized spacial score (nSPS) is 38.7. The summed E-state index contributed by atoms with van der Waals surface area (Å²) in [7, 11) is 0. The van der Waals surface area contributed by atoms with E-state index in [-0.39, 0.29) is 11.3 Å². The maximum Gasteiger partial charge on any atom is 0.277 e. The number of hydrogen-bond donors (Lipinski definition) is 0. The van der Waals surface area contributed by atoms with Crippen molar-refractivity contribution in [1.29, 1.82) is 0 Å². The monoisotopic (exact) mass is 375 g/mol. The zero-order valence-electron chi connectivity index (χ0n) is 15.7. The number of rotatable bonds is 4. The third-order valence-corrected chi connectivity index (χ3v) is 8.14. The maximum absolute atomic E-state index is 12.5. The predicted molar refractivity (Wildman–Crippen MR) is 99.9 cm³/mol. The topological polar surface area (TPSA) is 59.2 Å². The molecule has 6 rings (SSSR count). The van der Waals surface area contributed by atoms with Crippen LogP contribution < -0.4 is 0 Å². The number of likely N-dealkylation sites (tertiary alicyclic amines) is 1. The first kappa shape index (κ1) is 17.1. The van der Waals surface area contributed by atoms with Gasteiger partial charge in [-0.15, -0.1) is 10.2 Å². The lowest BCUT2D eigenvalue weighted by Crippen LogP contribution is -2.48. The molecule has 6 heteroatoms. The second-order valence-electron chi connectivity index (χ2n) is 9.29. The molecule has 0 unspecified atom stereocenters. The van der Waals surface area contributed by atoms with E-state index in [9.17, 15) is 4.79 Å². The highest BCUT2D eigenvalue weighted by molar-refractivity contribution is 7.99. The highest BCUT2D eigenvalue weighted by Gasteiger charge is 2.54. The van der Waals surface area contributed by atoms with Gasteiger partial charge >= 0.3 is 0 Å². The Kier molecular flexibility index (Phi) is 4.29. The van der Waals surface area contributed by atoms with Crippen molar-refractivity contribution in [3.8, 4) is 0 Å². The summed E-state index contributed by atoms with van der Waals surface area (Å²) >= 11 is 1.42. The van der Waals surface area contributed by atoms with Crippen LogP contribution in [-0.2, 0) is 10.2 Å². The Bertz CT molecular complexity index is 653. The molecule has 1 atom stereocenters. The molecule has 4 aliphatic carbocycles. The van der Waals surface area contributed by atoms with Crippen LogP contribution in [0.15, 0.2) is 9.64 Å². The van der Waals surface area contributed by atoms with E-state index in [4.69, 9.17) is 4.42 Å². The van der Waals surface area contributed by atoms with Crippen molar-refractivity contribution in [2.24, 2.45) is 17.8 Å². The molecule has 4 bridgehead atoms. The van der Waals surface area contributed by atoms with Gasteiger partial charge in [-0.2, -0.15) is 0 Å². The molecule has 1 saturated heterocycles. The van der Waals surface area contributed by atoms with Gasteiger partial charge in [0.1, 0.15) is 0 Å². The Labute approximate surface area is 159 Å². The van der Waals surface area contributed by atoms with E-state index >= 15 is 0 Å². The number of nitrogens with zero attached hydrogens (tertiary/aromatic N) is 3. The molecule has 4 saturated carbocycles. The van der Waals surface area contributed by atoms with Crippen molar-refractivity contribution >= 4 is 17.7 Å². The molecule has 1 aromatic rings. The Morgan fingerprint density at radius 3 is 2.50 bits per heavy atom. The van der Waals surface area contributed by atoms with E-state index in [1.165, 1.54) is 56.7 Å². The third-order valence-electron chi connectivity index (χ3n) is 7.34. The second-order valence-corrected chi connectivity index (χ2v) is 10.2. The molecule has 2 heterocycles. The minimum atomic E-state index is 0.145. The van der Waals surface area contributed by atoms with Crippen LogP contribution in [0.4, 0.5) is 0 Å². The van der Waals surface area contributed by atoms with Crippen LogP contribution in [0.5, 0.6) is 0 Å². The Morgan fingerprint density at radius 1 is 1.15 bits per heavy atom. The van der Waals surface area contributed by atoms with Crippen molar-refractivity contribution in [1.82, 2.24) is 15.1 Å². The number of carbonyl (C=O) groups is 1. The van der Waals surface area contributed by atoms with Crippen molar-refractivity contribution < 1.29 is 9.21 Å². The highest BCUT2D eigenvalue weighted by Crippen LogP contribution is 2.60. The fourth-order valence-electron chi connectivity index (χ4n) is 6.53. The van der Waals surface area contributed by atoms with Gasteiger partial charge in [-0.1, -0.05) is 11.8 Å². The van der Waals surface area contributed by atoms with Gasteiger partial charge in [0.25, 0.3) is 5.22 Å². The quantitative estimate of drug-likeness (QED) is 0.744. The third kappa shape index (κ3) is 2.98. The fourth-order valence-corrected chi connectivity index (χ4v) is 7.18. The molecule has 0 radical (unpaired) electrons. The number of hydrogen-bond acceptors (Lipinski definition) is 5. The molecule has 26 heavy (non-hydrogen) atoms. The average Bonchev–Trinajstić information content (AvgIpc) is 3.09.